The van der Waals surface area contributed by atoms with Crippen molar-refractivity contribution in [2.24, 2.45) is 0 Å². The first-order valence-corrected chi connectivity index (χ1v) is 7.20. The molecule has 3 nitrogen and oxygen atoms in total. The number of piperazine rings is 1. The van der Waals surface area contributed by atoms with Gasteiger partial charge >= 0.3 is 0 Å². The van der Waals surface area contributed by atoms with E-state index < -0.39 is 0 Å². The van der Waals surface area contributed by atoms with Gasteiger partial charge in [-0.05, 0) is 37.7 Å². The zero-order chi connectivity index (χ0) is 13.1. The van der Waals surface area contributed by atoms with Gasteiger partial charge in [0, 0.05) is 35.7 Å². The Bertz CT molecular complexity index is 418. The minimum absolute atomic E-state index is 0.144. The molecular weight excluding hydrogens is 292 g/mol. The van der Waals surface area contributed by atoms with Gasteiger partial charge in [0.05, 0.1) is 0 Å². The van der Waals surface area contributed by atoms with Gasteiger partial charge in [0.15, 0.2) is 0 Å². The fourth-order valence-electron chi connectivity index (χ4n) is 2.42. The molecule has 18 heavy (non-hydrogen) atoms. The molecule has 0 bridgehead atoms. The predicted octanol–water partition coefficient (Wildman–Crippen LogP) is 2.62. The summed E-state index contributed by atoms with van der Waals surface area (Å²) in [7, 11) is 0. The minimum Gasteiger partial charge on any atom is -0.336 e. The SMILES string of the molecule is CCN1CCN(C(=O)c2ccc(Br)cc2)CC1C. The molecule has 1 aliphatic heterocycles. The number of rotatable bonds is 2. The van der Waals surface area contributed by atoms with Gasteiger partial charge in [-0.2, -0.15) is 0 Å². The topological polar surface area (TPSA) is 23.6 Å². The molecule has 4 heteroatoms. The maximum absolute atomic E-state index is 12.3. The smallest absolute Gasteiger partial charge is 0.253 e. The van der Waals surface area contributed by atoms with Gasteiger partial charge in [-0.1, -0.05) is 22.9 Å². The molecular formula is C14H19BrN2O. The molecule has 0 radical (unpaired) electrons. The van der Waals surface area contributed by atoms with Crippen molar-refractivity contribution in [1.29, 1.82) is 0 Å². The maximum Gasteiger partial charge on any atom is 0.253 e. The monoisotopic (exact) mass is 310 g/mol. The van der Waals surface area contributed by atoms with Crippen molar-refractivity contribution in [1.82, 2.24) is 9.80 Å². The van der Waals surface area contributed by atoms with Crippen LogP contribution in [-0.4, -0.2) is 47.9 Å². The standard InChI is InChI=1S/C14H19BrN2O/c1-3-16-8-9-17(10-11(16)2)14(18)12-4-6-13(15)7-5-12/h4-7,11H,3,8-10H2,1-2H3. The summed E-state index contributed by atoms with van der Waals surface area (Å²) in [6.45, 7) is 8.03. The number of nitrogens with zero attached hydrogens (tertiary/aromatic N) is 2. The van der Waals surface area contributed by atoms with E-state index in [2.05, 4.69) is 34.7 Å². The van der Waals surface area contributed by atoms with Crippen molar-refractivity contribution in [3.63, 3.8) is 0 Å². The Hall–Kier alpha value is -0.870. The molecule has 1 amide bonds. The second-order valence-electron chi connectivity index (χ2n) is 4.74. The molecule has 2 rings (SSSR count). The van der Waals surface area contributed by atoms with Crippen molar-refractivity contribution >= 4 is 21.8 Å². The number of hydrogen-bond acceptors (Lipinski definition) is 2. The molecule has 1 atom stereocenters. The molecule has 0 N–H and O–H groups in total. The molecule has 1 aliphatic rings. The number of halogens is 1. The molecule has 0 saturated carbocycles. The Morgan fingerprint density at radius 3 is 2.56 bits per heavy atom. The summed E-state index contributed by atoms with van der Waals surface area (Å²) in [4.78, 5) is 16.7. The van der Waals surface area contributed by atoms with Crippen LogP contribution in [0.25, 0.3) is 0 Å². The van der Waals surface area contributed by atoms with Crippen molar-refractivity contribution in [3.05, 3.63) is 34.3 Å². The highest BCUT2D eigenvalue weighted by atomic mass is 79.9. The third-order valence-corrected chi connectivity index (χ3v) is 4.08. The summed E-state index contributed by atoms with van der Waals surface area (Å²) in [5, 5.41) is 0. The van der Waals surface area contributed by atoms with Gasteiger partial charge in [-0.3, -0.25) is 9.69 Å². The van der Waals surface area contributed by atoms with Crippen molar-refractivity contribution < 1.29 is 4.79 Å². The number of carbonyl (C=O) groups excluding carboxylic acids is 1. The summed E-state index contributed by atoms with van der Waals surface area (Å²) in [5.74, 6) is 0.144. The van der Waals surface area contributed by atoms with E-state index in [1.165, 1.54) is 0 Å². The summed E-state index contributed by atoms with van der Waals surface area (Å²) in [6.07, 6.45) is 0. The molecule has 1 heterocycles. The van der Waals surface area contributed by atoms with Crippen LogP contribution in [0.1, 0.15) is 24.2 Å². The van der Waals surface area contributed by atoms with Crippen molar-refractivity contribution in [2.45, 2.75) is 19.9 Å². The van der Waals surface area contributed by atoms with E-state index in [-0.39, 0.29) is 5.91 Å². The Morgan fingerprint density at radius 2 is 2.00 bits per heavy atom. The lowest BCUT2D eigenvalue weighted by molar-refractivity contribution is 0.0528. The first-order chi connectivity index (χ1) is 8.61. The first kappa shape index (κ1) is 13.6. The summed E-state index contributed by atoms with van der Waals surface area (Å²) >= 11 is 3.39. The van der Waals surface area contributed by atoms with Gasteiger partial charge in [0.25, 0.3) is 5.91 Å². The second-order valence-corrected chi connectivity index (χ2v) is 5.65. The van der Waals surface area contributed by atoms with Crippen LogP contribution in [0, 0.1) is 0 Å². The van der Waals surface area contributed by atoms with Gasteiger partial charge in [-0.25, -0.2) is 0 Å². The van der Waals surface area contributed by atoms with Crippen molar-refractivity contribution in [3.8, 4) is 0 Å². The highest BCUT2D eigenvalue weighted by Gasteiger charge is 2.26. The number of likely N-dealkylation sites (N-methyl/N-ethyl adjacent to an activating group) is 1. The zero-order valence-corrected chi connectivity index (χ0v) is 12.5. The van der Waals surface area contributed by atoms with Crippen LogP contribution in [0.15, 0.2) is 28.7 Å². The van der Waals surface area contributed by atoms with E-state index in [9.17, 15) is 4.79 Å². The molecule has 1 aromatic rings. The fourth-order valence-corrected chi connectivity index (χ4v) is 2.69. The molecule has 1 aromatic carbocycles. The summed E-state index contributed by atoms with van der Waals surface area (Å²) in [6, 6.07) is 8.04. The lowest BCUT2D eigenvalue weighted by atomic mass is 10.1. The number of hydrogen-bond donors (Lipinski definition) is 0. The molecule has 1 fully saturated rings. The fraction of sp³-hybridized carbons (Fsp3) is 0.500. The van der Waals surface area contributed by atoms with E-state index in [0.717, 1.165) is 36.2 Å². The highest BCUT2D eigenvalue weighted by Crippen LogP contribution is 2.15. The third-order valence-electron chi connectivity index (χ3n) is 3.55. The summed E-state index contributed by atoms with van der Waals surface area (Å²) < 4.78 is 1.00. The van der Waals surface area contributed by atoms with E-state index in [1.54, 1.807) is 0 Å². The van der Waals surface area contributed by atoms with E-state index in [4.69, 9.17) is 0 Å². The van der Waals surface area contributed by atoms with Crippen LogP contribution < -0.4 is 0 Å². The molecule has 1 saturated heterocycles. The maximum atomic E-state index is 12.3. The van der Waals surface area contributed by atoms with Gasteiger partial charge < -0.3 is 4.90 Å². The lowest BCUT2D eigenvalue weighted by Crippen LogP contribution is -2.53. The van der Waals surface area contributed by atoms with Crippen LogP contribution in [0.2, 0.25) is 0 Å². The second kappa shape index (κ2) is 5.85. The van der Waals surface area contributed by atoms with E-state index >= 15 is 0 Å². The Balaban J connectivity index is 2.04. The number of amides is 1. The van der Waals surface area contributed by atoms with Crippen LogP contribution >= 0.6 is 15.9 Å². The van der Waals surface area contributed by atoms with E-state index in [0.29, 0.717) is 6.04 Å². The average molecular weight is 311 g/mol. The number of benzene rings is 1. The molecule has 0 aromatic heterocycles. The average Bonchev–Trinajstić information content (AvgIpc) is 2.38. The Kier molecular flexibility index (Phi) is 4.40. The van der Waals surface area contributed by atoms with E-state index in [1.807, 2.05) is 29.2 Å². The normalized spacial score (nSPS) is 21.1. The van der Waals surface area contributed by atoms with Gasteiger partial charge in [0.2, 0.25) is 0 Å². The zero-order valence-electron chi connectivity index (χ0n) is 10.9. The number of carbonyl (C=O) groups is 1. The van der Waals surface area contributed by atoms with Crippen LogP contribution in [-0.2, 0) is 0 Å². The minimum atomic E-state index is 0.144. The van der Waals surface area contributed by atoms with Crippen LogP contribution in [0.4, 0.5) is 0 Å². The van der Waals surface area contributed by atoms with Crippen LogP contribution in [0.3, 0.4) is 0 Å². The van der Waals surface area contributed by atoms with Crippen molar-refractivity contribution in [2.75, 3.05) is 26.2 Å². The van der Waals surface area contributed by atoms with Gasteiger partial charge in [0.1, 0.15) is 0 Å². The Labute approximate surface area is 117 Å². The molecule has 0 aliphatic carbocycles. The third kappa shape index (κ3) is 2.93. The first-order valence-electron chi connectivity index (χ1n) is 6.40. The molecule has 1 unspecified atom stereocenters. The highest BCUT2D eigenvalue weighted by molar-refractivity contribution is 9.10. The molecule has 98 valence electrons. The predicted molar refractivity (Wildman–Crippen MR) is 76.8 cm³/mol. The molecule has 0 spiro atoms. The largest absolute Gasteiger partial charge is 0.336 e. The van der Waals surface area contributed by atoms with Gasteiger partial charge in [-0.15, -0.1) is 0 Å². The Morgan fingerprint density at radius 1 is 1.33 bits per heavy atom. The van der Waals surface area contributed by atoms with Crippen LogP contribution in [0.5, 0.6) is 0 Å². The summed E-state index contributed by atoms with van der Waals surface area (Å²) in [5.41, 5.74) is 0.773. The quantitative estimate of drug-likeness (QED) is 0.838. The lowest BCUT2D eigenvalue weighted by Gasteiger charge is -2.39.